The summed E-state index contributed by atoms with van der Waals surface area (Å²) in [5.41, 5.74) is 3.39. The summed E-state index contributed by atoms with van der Waals surface area (Å²) in [6, 6.07) is 11.3. The van der Waals surface area contributed by atoms with Crippen molar-refractivity contribution in [3.05, 3.63) is 89.7 Å². The molecule has 1 aliphatic carbocycles. The maximum atomic E-state index is 12.9. The van der Waals surface area contributed by atoms with E-state index in [1.54, 1.807) is 23.3 Å². The van der Waals surface area contributed by atoms with Crippen molar-refractivity contribution in [2.45, 2.75) is 31.7 Å². The highest BCUT2D eigenvalue weighted by molar-refractivity contribution is 6.42. The number of benzene rings is 1. The second-order valence-corrected chi connectivity index (χ2v) is 8.34. The summed E-state index contributed by atoms with van der Waals surface area (Å²) in [7, 11) is 0. The van der Waals surface area contributed by atoms with Crippen molar-refractivity contribution in [3.63, 3.8) is 0 Å². The number of hydrogen-bond acceptors (Lipinski definition) is 6. The molecule has 2 aromatic heterocycles. The molecule has 2 aliphatic rings. The van der Waals surface area contributed by atoms with Gasteiger partial charge in [-0.25, -0.2) is 14.6 Å². The van der Waals surface area contributed by atoms with Gasteiger partial charge in [-0.15, -0.1) is 0 Å². The third-order valence-corrected chi connectivity index (χ3v) is 6.40. The summed E-state index contributed by atoms with van der Waals surface area (Å²) in [5.74, 6) is 0.00274. The Bertz CT molecular complexity index is 1360. The molecule has 5 rings (SSSR count). The number of carbonyl (C=O) groups is 2. The highest BCUT2D eigenvalue weighted by Crippen LogP contribution is 2.52. The van der Waals surface area contributed by atoms with E-state index in [0.717, 1.165) is 28.0 Å². The summed E-state index contributed by atoms with van der Waals surface area (Å²) in [5, 5.41) is 18.2. The number of aromatic nitrogens is 4. The van der Waals surface area contributed by atoms with Gasteiger partial charge in [0.2, 0.25) is 5.91 Å². The normalized spacial score (nSPS) is 21.1. The first-order chi connectivity index (χ1) is 16.5. The highest BCUT2D eigenvalue weighted by Gasteiger charge is 2.52. The molecule has 170 valence electrons. The van der Waals surface area contributed by atoms with E-state index in [4.69, 9.17) is 5.41 Å². The lowest BCUT2D eigenvalue weighted by Crippen LogP contribution is -2.31. The first-order valence-electron chi connectivity index (χ1n) is 10.9. The van der Waals surface area contributed by atoms with Gasteiger partial charge in [0.05, 0.1) is 11.1 Å². The molecule has 3 aromatic rings. The van der Waals surface area contributed by atoms with Crippen molar-refractivity contribution in [1.29, 1.82) is 5.41 Å². The number of nitrogens with one attached hydrogen (secondary N) is 3. The first kappa shape index (κ1) is 21.4. The van der Waals surface area contributed by atoms with E-state index in [1.165, 1.54) is 6.33 Å². The number of para-hydroxylation sites is 1. The van der Waals surface area contributed by atoms with Crippen molar-refractivity contribution >= 4 is 23.3 Å². The van der Waals surface area contributed by atoms with Gasteiger partial charge in [-0.2, -0.15) is 5.10 Å². The Morgan fingerprint density at radius 3 is 2.85 bits per heavy atom. The van der Waals surface area contributed by atoms with Gasteiger partial charge in [-0.05, 0) is 54.7 Å². The van der Waals surface area contributed by atoms with Gasteiger partial charge in [-0.3, -0.25) is 15.0 Å². The van der Waals surface area contributed by atoms with E-state index in [9.17, 15) is 9.59 Å². The van der Waals surface area contributed by atoms with E-state index < -0.39 is 11.3 Å². The second-order valence-electron chi connectivity index (χ2n) is 8.34. The second kappa shape index (κ2) is 8.51. The average molecular weight is 454 g/mol. The lowest BCUT2D eigenvalue weighted by atomic mass is 9.80. The molecule has 1 saturated carbocycles. The summed E-state index contributed by atoms with van der Waals surface area (Å²) < 4.78 is 1.63. The van der Waals surface area contributed by atoms with Gasteiger partial charge >= 0.3 is 0 Å². The van der Waals surface area contributed by atoms with Crippen LogP contribution in [-0.4, -0.2) is 37.3 Å². The van der Waals surface area contributed by atoms with Gasteiger partial charge in [0.15, 0.2) is 0 Å². The smallest absolute Gasteiger partial charge is 0.269 e. The van der Waals surface area contributed by atoms with Crippen LogP contribution < -0.4 is 10.6 Å². The van der Waals surface area contributed by atoms with E-state index >= 15 is 0 Å². The number of amides is 2. The van der Waals surface area contributed by atoms with Crippen molar-refractivity contribution < 1.29 is 9.59 Å². The SMILES string of the molecule is C/C=C1/CC2(C/C1=C/C(=N)C(=O)NCc1ccccc1-n1cncn1)C(=O)Nc1ncccc12. The van der Waals surface area contributed by atoms with Crippen molar-refractivity contribution in [1.82, 2.24) is 25.1 Å². The Labute approximate surface area is 196 Å². The van der Waals surface area contributed by atoms with Crippen LogP contribution in [0.3, 0.4) is 0 Å². The third kappa shape index (κ3) is 3.61. The largest absolute Gasteiger partial charge is 0.347 e. The van der Waals surface area contributed by atoms with Gasteiger partial charge in [0.25, 0.3) is 5.91 Å². The minimum atomic E-state index is -0.745. The predicted molar refractivity (Wildman–Crippen MR) is 127 cm³/mol. The zero-order chi connectivity index (χ0) is 23.7. The number of carbonyl (C=O) groups excluding carboxylic acids is 2. The van der Waals surface area contributed by atoms with Crippen molar-refractivity contribution in [2.75, 3.05) is 5.32 Å². The van der Waals surface area contributed by atoms with Gasteiger partial charge in [0.1, 0.15) is 24.2 Å². The van der Waals surface area contributed by atoms with E-state index in [-0.39, 0.29) is 18.2 Å². The number of nitrogens with zero attached hydrogens (tertiary/aromatic N) is 4. The van der Waals surface area contributed by atoms with Gasteiger partial charge in [0, 0.05) is 18.3 Å². The lowest BCUT2D eigenvalue weighted by molar-refractivity contribution is -0.120. The molecule has 9 nitrogen and oxygen atoms in total. The van der Waals surface area contributed by atoms with Crippen molar-refractivity contribution in [2.24, 2.45) is 0 Å². The number of pyridine rings is 1. The molecule has 1 unspecified atom stereocenters. The standard InChI is InChI=1S/C25H23N7O2/c1-2-16-11-25(19-7-5-9-28-22(19)31-24(25)34)12-18(16)10-20(26)23(33)29-13-17-6-3-4-8-21(17)32-15-27-14-30-32/h2-10,14-15,26H,11-13H2,1H3,(H,29,33)(H,28,31,34)/b16-2-,18-10-,26-20?. The average Bonchev–Trinajstić information content (AvgIpc) is 3.57. The number of hydrogen-bond donors (Lipinski definition) is 3. The predicted octanol–water partition coefficient (Wildman–Crippen LogP) is 2.85. The zero-order valence-electron chi connectivity index (χ0n) is 18.6. The molecule has 1 aromatic carbocycles. The Hall–Kier alpha value is -4.40. The Morgan fingerprint density at radius 1 is 1.24 bits per heavy atom. The molecule has 3 N–H and O–H groups in total. The molecule has 9 heteroatoms. The van der Waals surface area contributed by atoms with Crippen LogP contribution in [0.2, 0.25) is 0 Å². The maximum Gasteiger partial charge on any atom is 0.269 e. The molecular weight excluding hydrogens is 430 g/mol. The molecular formula is C25H23N7O2. The molecule has 34 heavy (non-hydrogen) atoms. The number of fused-ring (bicyclic) bond motifs is 2. The Balaban J connectivity index is 1.33. The minimum absolute atomic E-state index is 0.0929. The molecule has 1 aliphatic heterocycles. The van der Waals surface area contributed by atoms with Gasteiger partial charge in [-0.1, -0.05) is 30.3 Å². The Kier molecular flexibility index (Phi) is 5.37. The zero-order valence-corrected chi connectivity index (χ0v) is 18.6. The van der Waals surface area contributed by atoms with E-state index in [2.05, 4.69) is 25.7 Å². The van der Waals surface area contributed by atoms with Crippen LogP contribution in [0.1, 0.15) is 30.9 Å². The topological polar surface area (TPSA) is 126 Å². The van der Waals surface area contributed by atoms with Crippen LogP contribution in [-0.2, 0) is 21.5 Å². The quantitative estimate of drug-likeness (QED) is 0.512. The monoisotopic (exact) mass is 453 g/mol. The fourth-order valence-electron chi connectivity index (χ4n) is 4.69. The van der Waals surface area contributed by atoms with Crippen molar-refractivity contribution in [3.8, 4) is 5.69 Å². The fraction of sp³-hybridized carbons (Fsp3) is 0.200. The molecule has 1 fully saturated rings. The van der Waals surface area contributed by atoms with Gasteiger partial charge < -0.3 is 10.6 Å². The molecule has 1 atom stereocenters. The molecule has 0 bridgehead atoms. The summed E-state index contributed by atoms with van der Waals surface area (Å²) in [4.78, 5) is 33.9. The molecule has 0 radical (unpaired) electrons. The minimum Gasteiger partial charge on any atom is -0.347 e. The van der Waals surface area contributed by atoms with Crippen LogP contribution in [0.5, 0.6) is 0 Å². The summed E-state index contributed by atoms with van der Waals surface area (Å²) >= 11 is 0. The first-order valence-corrected chi connectivity index (χ1v) is 10.9. The van der Waals surface area contributed by atoms with Crippen LogP contribution in [0.15, 0.2) is 78.5 Å². The summed E-state index contributed by atoms with van der Waals surface area (Å²) in [6.45, 7) is 2.15. The fourth-order valence-corrected chi connectivity index (χ4v) is 4.69. The third-order valence-electron chi connectivity index (χ3n) is 6.40. The highest BCUT2D eigenvalue weighted by atomic mass is 16.2. The molecule has 1 spiro atoms. The van der Waals surface area contributed by atoms with Crippen LogP contribution >= 0.6 is 0 Å². The number of rotatable bonds is 5. The molecule has 2 amide bonds. The number of allylic oxidation sites excluding steroid dienone is 3. The lowest BCUT2D eigenvalue weighted by Gasteiger charge is -2.19. The maximum absolute atomic E-state index is 12.9. The van der Waals surface area contributed by atoms with Crippen LogP contribution in [0.25, 0.3) is 5.69 Å². The molecule has 0 saturated heterocycles. The van der Waals surface area contributed by atoms with E-state index in [0.29, 0.717) is 18.7 Å². The molecule has 3 heterocycles. The summed E-state index contributed by atoms with van der Waals surface area (Å²) in [6.07, 6.45) is 9.15. The number of anilines is 1. The Morgan fingerprint density at radius 2 is 2.06 bits per heavy atom. The van der Waals surface area contributed by atoms with E-state index in [1.807, 2.05) is 49.4 Å². The van der Waals surface area contributed by atoms with Crippen LogP contribution in [0, 0.1) is 5.41 Å². The van der Waals surface area contributed by atoms with Crippen LogP contribution in [0.4, 0.5) is 5.82 Å².